The molecule has 7 heteroatoms. The van der Waals surface area contributed by atoms with Gasteiger partial charge in [0, 0.05) is 18.7 Å². The normalized spacial score (nSPS) is 29.6. The number of anilines is 1. The first-order valence-electron chi connectivity index (χ1n) is 13.4. The molecule has 2 heterocycles. The van der Waals surface area contributed by atoms with Crippen molar-refractivity contribution in [2.45, 2.75) is 43.9 Å². The molecular weight excluding hydrogens is 484 g/mol. The molecule has 2 aliphatic carbocycles. The van der Waals surface area contributed by atoms with Gasteiger partial charge in [-0.05, 0) is 79.7 Å². The van der Waals surface area contributed by atoms with Crippen LogP contribution in [0.3, 0.4) is 0 Å². The molecule has 1 amide bonds. The largest absolute Gasteiger partial charge is 0.490 e. The summed E-state index contributed by atoms with van der Waals surface area (Å²) in [4.78, 5) is 15.4. The number of benzene rings is 2. The fourth-order valence-electron chi connectivity index (χ4n) is 6.38. The van der Waals surface area contributed by atoms with Crippen LogP contribution in [0.15, 0.2) is 66.8 Å². The van der Waals surface area contributed by atoms with E-state index in [1.54, 1.807) is 6.07 Å². The Bertz CT molecular complexity index is 1370. The zero-order chi connectivity index (χ0) is 25.5. The summed E-state index contributed by atoms with van der Waals surface area (Å²) >= 11 is 0. The second-order valence-electron chi connectivity index (χ2n) is 11.0. The van der Waals surface area contributed by atoms with E-state index in [0.717, 1.165) is 43.8 Å². The zero-order valence-corrected chi connectivity index (χ0v) is 21.9. The molecule has 194 valence electrons. The van der Waals surface area contributed by atoms with Crippen molar-refractivity contribution in [2.24, 2.45) is 11.8 Å². The first-order valence-corrected chi connectivity index (χ1v) is 15.1. The van der Waals surface area contributed by atoms with Crippen molar-refractivity contribution < 1.29 is 17.9 Å². The number of hydrogen-bond acceptors (Lipinski definition) is 5. The highest BCUT2D eigenvalue weighted by Crippen LogP contribution is 2.45. The number of nitrogens with zero attached hydrogens (tertiary/aromatic N) is 1. The molecule has 0 aromatic heterocycles. The van der Waals surface area contributed by atoms with Gasteiger partial charge in [0.05, 0.1) is 16.9 Å². The second-order valence-corrected chi connectivity index (χ2v) is 12.8. The molecule has 1 fully saturated rings. The van der Waals surface area contributed by atoms with E-state index in [1.807, 2.05) is 18.2 Å². The smallest absolute Gasteiger partial charge is 0.264 e. The van der Waals surface area contributed by atoms with Crippen LogP contribution in [0.5, 0.6) is 5.75 Å². The third-order valence-corrected chi connectivity index (χ3v) is 9.82. The lowest BCUT2D eigenvalue weighted by Gasteiger charge is -2.43. The average Bonchev–Trinajstić information content (AvgIpc) is 3.02. The van der Waals surface area contributed by atoms with Gasteiger partial charge in [-0.25, -0.2) is 13.1 Å². The zero-order valence-electron chi connectivity index (χ0n) is 21.1. The lowest BCUT2D eigenvalue weighted by atomic mass is 9.70. The Hall–Kier alpha value is -3.06. The van der Waals surface area contributed by atoms with Crippen molar-refractivity contribution in [3.63, 3.8) is 0 Å². The number of allylic oxidation sites excluding steroid dienone is 3. The van der Waals surface area contributed by atoms with Crippen molar-refractivity contribution in [3.05, 3.63) is 83.5 Å². The number of carbonyl (C=O) groups is 1. The Morgan fingerprint density at radius 3 is 2.68 bits per heavy atom. The molecule has 4 aliphatic rings. The Kier molecular flexibility index (Phi) is 6.35. The van der Waals surface area contributed by atoms with Gasteiger partial charge in [0.1, 0.15) is 12.4 Å². The summed E-state index contributed by atoms with van der Waals surface area (Å²) in [6, 6.07) is 13.9. The van der Waals surface area contributed by atoms with Gasteiger partial charge < -0.3 is 9.64 Å². The van der Waals surface area contributed by atoms with E-state index in [2.05, 4.69) is 52.1 Å². The van der Waals surface area contributed by atoms with E-state index in [9.17, 15) is 13.2 Å². The maximum absolute atomic E-state index is 13.0. The number of carbonyl (C=O) groups excluding carboxylic acids is 1. The van der Waals surface area contributed by atoms with Crippen LogP contribution in [0.2, 0.25) is 0 Å². The third-order valence-electron chi connectivity index (χ3n) is 8.55. The van der Waals surface area contributed by atoms with Gasteiger partial charge in [0.15, 0.2) is 0 Å². The standard InChI is InChI=1S/C30H34N2O4S/c33-29-24-14-15-28-27(18-24)32(20-30(21-36-28)16-7-10-23-9-4-5-11-26(23)30)19-25-13-12-22(25)8-3-1-2-6-17-37(34,35)31-29/h1-2,4-5,7,9,11,14-16,18,22,25H,3,6,8,10,12-13,17,19-21H2,(H,31,33)/b2-1+. The molecular formula is C30H34N2O4S. The van der Waals surface area contributed by atoms with E-state index >= 15 is 0 Å². The minimum Gasteiger partial charge on any atom is -0.490 e. The summed E-state index contributed by atoms with van der Waals surface area (Å²) in [5.74, 6) is 1.29. The maximum atomic E-state index is 13.0. The van der Waals surface area contributed by atoms with Gasteiger partial charge in [-0.1, -0.05) is 48.6 Å². The van der Waals surface area contributed by atoms with Crippen molar-refractivity contribution in [2.75, 3.05) is 30.3 Å². The number of amides is 1. The van der Waals surface area contributed by atoms with E-state index in [4.69, 9.17) is 4.74 Å². The van der Waals surface area contributed by atoms with Crippen LogP contribution in [0, 0.1) is 11.8 Å². The van der Waals surface area contributed by atoms with Crippen molar-refractivity contribution in [1.29, 1.82) is 0 Å². The molecule has 2 aromatic rings. The van der Waals surface area contributed by atoms with Crippen molar-refractivity contribution >= 4 is 21.6 Å². The number of hydrogen-bond donors (Lipinski definition) is 1. The Morgan fingerprint density at radius 1 is 0.973 bits per heavy atom. The Balaban J connectivity index is 1.41. The highest BCUT2D eigenvalue weighted by molar-refractivity contribution is 7.90. The molecule has 1 N–H and O–H groups in total. The van der Waals surface area contributed by atoms with Crippen LogP contribution in [-0.2, 0) is 21.9 Å². The highest BCUT2D eigenvalue weighted by Gasteiger charge is 2.41. The topological polar surface area (TPSA) is 75.7 Å². The van der Waals surface area contributed by atoms with Crippen molar-refractivity contribution in [1.82, 2.24) is 4.72 Å². The van der Waals surface area contributed by atoms with Gasteiger partial charge >= 0.3 is 0 Å². The summed E-state index contributed by atoms with van der Waals surface area (Å²) in [6.07, 6.45) is 14.4. The quantitative estimate of drug-likeness (QED) is 0.509. The van der Waals surface area contributed by atoms with Crippen LogP contribution < -0.4 is 14.4 Å². The molecule has 6 nitrogen and oxygen atoms in total. The first kappa shape index (κ1) is 24.3. The number of fused-ring (bicyclic) bond motifs is 4. The molecule has 3 unspecified atom stereocenters. The fraction of sp³-hybridized carbons (Fsp3) is 0.433. The Morgan fingerprint density at radius 2 is 1.81 bits per heavy atom. The van der Waals surface area contributed by atoms with Gasteiger partial charge in [-0.2, -0.15) is 0 Å². The third kappa shape index (κ3) is 4.81. The molecule has 2 aromatic carbocycles. The summed E-state index contributed by atoms with van der Waals surface area (Å²) in [7, 11) is -3.72. The first-order chi connectivity index (χ1) is 17.9. The monoisotopic (exact) mass is 518 g/mol. The summed E-state index contributed by atoms with van der Waals surface area (Å²) in [6.45, 7) is 2.16. The van der Waals surface area contributed by atoms with Crippen molar-refractivity contribution in [3.8, 4) is 5.75 Å². The molecule has 2 aliphatic heterocycles. The lowest BCUT2D eigenvalue weighted by Crippen LogP contribution is -2.47. The van der Waals surface area contributed by atoms with Crippen LogP contribution >= 0.6 is 0 Å². The SMILES string of the molecule is O=C1NS(=O)(=O)CC/C=C/CCC2CCC2CN2CC3(C=CCc4ccccc43)COc3ccc1cc32. The summed E-state index contributed by atoms with van der Waals surface area (Å²) in [5.41, 5.74) is 3.54. The predicted molar refractivity (Wildman–Crippen MR) is 146 cm³/mol. The van der Waals surface area contributed by atoms with Crippen LogP contribution in [0.4, 0.5) is 5.69 Å². The predicted octanol–water partition coefficient (Wildman–Crippen LogP) is 4.76. The number of nitrogens with one attached hydrogen (secondary N) is 1. The molecule has 0 radical (unpaired) electrons. The number of sulfonamides is 1. The second kappa shape index (κ2) is 9.67. The van der Waals surface area contributed by atoms with Crippen LogP contribution in [-0.4, -0.2) is 39.8 Å². The molecule has 6 rings (SSSR count). The average molecular weight is 519 g/mol. The van der Waals surface area contributed by atoms with Gasteiger partial charge in [0.2, 0.25) is 10.0 Å². The van der Waals surface area contributed by atoms with E-state index in [1.165, 1.54) is 24.0 Å². The van der Waals surface area contributed by atoms with E-state index < -0.39 is 15.9 Å². The van der Waals surface area contributed by atoms with Crippen LogP contribution in [0.1, 0.15) is 53.6 Å². The number of ether oxygens (including phenoxy) is 1. The van der Waals surface area contributed by atoms with Gasteiger partial charge in [-0.3, -0.25) is 4.79 Å². The van der Waals surface area contributed by atoms with E-state index in [-0.39, 0.29) is 11.2 Å². The number of rotatable bonds is 0. The minimum absolute atomic E-state index is 0.101. The summed E-state index contributed by atoms with van der Waals surface area (Å²) < 4.78 is 33.8. The molecule has 0 saturated heterocycles. The van der Waals surface area contributed by atoms with Crippen LogP contribution in [0.25, 0.3) is 0 Å². The van der Waals surface area contributed by atoms with Gasteiger partial charge in [-0.15, -0.1) is 0 Å². The fourth-order valence-corrected chi connectivity index (χ4v) is 7.33. The van der Waals surface area contributed by atoms with Gasteiger partial charge in [0.25, 0.3) is 5.91 Å². The lowest BCUT2D eigenvalue weighted by molar-refractivity contribution is 0.0981. The summed E-state index contributed by atoms with van der Waals surface area (Å²) in [5, 5.41) is 0. The van der Waals surface area contributed by atoms with E-state index in [0.29, 0.717) is 30.4 Å². The molecule has 3 atom stereocenters. The molecule has 2 bridgehead atoms. The molecule has 1 spiro atoms. The molecule has 1 saturated carbocycles. The molecule has 37 heavy (non-hydrogen) atoms. The highest BCUT2D eigenvalue weighted by atomic mass is 32.2. The minimum atomic E-state index is -3.72. The Labute approximate surface area is 219 Å². The maximum Gasteiger partial charge on any atom is 0.264 e.